The fourth-order valence-corrected chi connectivity index (χ4v) is 1.01. The van der Waals surface area contributed by atoms with E-state index in [2.05, 4.69) is 0 Å². The van der Waals surface area contributed by atoms with Crippen LogP contribution in [0.3, 0.4) is 0 Å². The van der Waals surface area contributed by atoms with Gasteiger partial charge in [0, 0.05) is 25.4 Å². The lowest BCUT2D eigenvalue weighted by atomic mass is 10.2. The molecule has 3 nitrogen and oxygen atoms in total. The van der Waals surface area contributed by atoms with Gasteiger partial charge in [-0.15, -0.1) is 0 Å². The lowest BCUT2D eigenvalue weighted by Crippen LogP contribution is -2.24. The number of alkyl halides is 3. The van der Waals surface area contributed by atoms with E-state index in [-0.39, 0.29) is 13.1 Å². The number of hydrogen-bond donors (Lipinski definition) is 1. The summed E-state index contributed by atoms with van der Waals surface area (Å²) in [7, 11) is 0. The molecule has 6 heteroatoms. The summed E-state index contributed by atoms with van der Waals surface area (Å²) in [6, 6.07) is 1.42. The highest BCUT2D eigenvalue weighted by Gasteiger charge is 2.30. The van der Waals surface area contributed by atoms with Crippen molar-refractivity contribution in [1.82, 2.24) is 4.57 Å². The van der Waals surface area contributed by atoms with Gasteiger partial charge in [-0.1, -0.05) is 0 Å². The predicted molar refractivity (Wildman–Crippen MR) is 44.8 cm³/mol. The summed E-state index contributed by atoms with van der Waals surface area (Å²) in [5, 5.41) is 0. The Kier molecular flexibility index (Phi) is 2.95. The summed E-state index contributed by atoms with van der Waals surface area (Å²) < 4.78 is 37.5. The van der Waals surface area contributed by atoms with E-state index in [9.17, 15) is 18.0 Å². The quantitative estimate of drug-likeness (QED) is 0.778. The molecule has 0 bridgehead atoms. The van der Waals surface area contributed by atoms with E-state index in [1.807, 2.05) is 0 Å². The molecule has 1 rings (SSSR count). The van der Waals surface area contributed by atoms with Crippen LogP contribution < -0.4 is 11.3 Å². The Morgan fingerprint density at radius 2 is 2.07 bits per heavy atom. The van der Waals surface area contributed by atoms with Crippen LogP contribution in [-0.4, -0.2) is 11.1 Å². The molecule has 0 aromatic carbocycles. The van der Waals surface area contributed by atoms with Gasteiger partial charge in [0.15, 0.2) is 0 Å². The Morgan fingerprint density at radius 1 is 1.43 bits per heavy atom. The lowest BCUT2D eigenvalue weighted by Gasteiger charge is -2.08. The average Bonchev–Trinajstić information content (AvgIpc) is 2.07. The summed E-state index contributed by atoms with van der Waals surface area (Å²) in [6.07, 6.45) is -3.38. The van der Waals surface area contributed by atoms with Gasteiger partial charge in [-0.05, 0) is 6.07 Å². The molecule has 0 saturated carbocycles. The SMILES string of the molecule is NCCn1ccc(C(F)(F)F)cc1=O. The molecule has 1 aromatic heterocycles. The molecule has 0 aliphatic heterocycles. The van der Waals surface area contributed by atoms with Crippen LogP contribution in [0.1, 0.15) is 5.56 Å². The van der Waals surface area contributed by atoms with Gasteiger partial charge in [0.1, 0.15) is 0 Å². The summed E-state index contributed by atoms with van der Waals surface area (Å²) in [4.78, 5) is 11.1. The smallest absolute Gasteiger partial charge is 0.329 e. The van der Waals surface area contributed by atoms with Crippen LogP contribution in [0.25, 0.3) is 0 Å². The molecular weight excluding hydrogens is 197 g/mol. The van der Waals surface area contributed by atoms with Crippen molar-refractivity contribution in [3.8, 4) is 0 Å². The van der Waals surface area contributed by atoms with E-state index in [0.29, 0.717) is 6.07 Å². The first-order valence-electron chi connectivity index (χ1n) is 3.93. The minimum Gasteiger partial charge on any atom is -0.329 e. The van der Waals surface area contributed by atoms with Crippen molar-refractivity contribution in [2.75, 3.05) is 6.54 Å². The van der Waals surface area contributed by atoms with Crippen LogP contribution in [0.15, 0.2) is 23.1 Å². The molecule has 0 saturated heterocycles. The first-order chi connectivity index (χ1) is 6.45. The lowest BCUT2D eigenvalue weighted by molar-refractivity contribution is -0.137. The zero-order valence-corrected chi connectivity index (χ0v) is 7.21. The minimum absolute atomic E-state index is 0.214. The largest absolute Gasteiger partial charge is 0.416 e. The Labute approximate surface area is 78.0 Å². The number of nitrogens with zero attached hydrogens (tertiary/aromatic N) is 1. The summed E-state index contributed by atoms with van der Waals surface area (Å²) >= 11 is 0. The van der Waals surface area contributed by atoms with Gasteiger partial charge in [-0.2, -0.15) is 13.2 Å². The highest BCUT2D eigenvalue weighted by atomic mass is 19.4. The number of halogens is 3. The summed E-state index contributed by atoms with van der Waals surface area (Å²) in [5.74, 6) is 0. The molecule has 0 aliphatic carbocycles. The van der Waals surface area contributed by atoms with E-state index >= 15 is 0 Å². The third-order valence-corrected chi connectivity index (χ3v) is 1.69. The topological polar surface area (TPSA) is 48.0 Å². The highest BCUT2D eigenvalue weighted by Crippen LogP contribution is 2.27. The van der Waals surface area contributed by atoms with Crippen LogP contribution in [0, 0.1) is 0 Å². The second-order valence-corrected chi connectivity index (χ2v) is 2.73. The second-order valence-electron chi connectivity index (χ2n) is 2.73. The average molecular weight is 206 g/mol. The molecule has 0 aliphatic rings. The molecule has 14 heavy (non-hydrogen) atoms. The maximum atomic E-state index is 12.1. The fourth-order valence-electron chi connectivity index (χ4n) is 1.01. The van der Waals surface area contributed by atoms with E-state index in [1.165, 1.54) is 0 Å². The minimum atomic E-state index is -4.47. The fraction of sp³-hybridized carbons (Fsp3) is 0.375. The van der Waals surface area contributed by atoms with Crippen molar-refractivity contribution in [3.63, 3.8) is 0 Å². The van der Waals surface area contributed by atoms with Gasteiger partial charge < -0.3 is 10.3 Å². The van der Waals surface area contributed by atoms with Crippen molar-refractivity contribution >= 4 is 0 Å². The van der Waals surface area contributed by atoms with Gasteiger partial charge >= 0.3 is 6.18 Å². The van der Waals surface area contributed by atoms with Gasteiger partial charge in [0.2, 0.25) is 0 Å². The third kappa shape index (κ3) is 2.35. The normalized spacial score (nSPS) is 11.7. The van der Waals surface area contributed by atoms with Crippen LogP contribution in [0.4, 0.5) is 13.2 Å². The molecule has 0 atom stereocenters. The Hall–Kier alpha value is -1.30. The van der Waals surface area contributed by atoms with Crippen LogP contribution in [0.5, 0.6) is 0 Å². The van der Waals surface area contributed by atoms with Crippen molar-refractivity contribution in [3.05, 3.63) is 34.2 Å². The molecule has 0 spiro atoms. The van der Waals surface area contributed by atoms with Crippen LogP contribution in [0.2, 0.25) is 0 Å². The zero-order chi connectivity index (χ0) is 10.8. The first kappa shape index (κ1) is 10.8. The van der Waals surface area contributed by atoms with Gasteiger partial charge in [-0.25, -0.2) is 0 Å². The van der Waals surface area contributed by atoms with Gasteiger partial charge in [0.25, 0.3) is 5.56 Å². The number of hydrogen-bond acceptors (Lipinski definition) is 2. The van der Waals surface area contributed by atoms with Gasteiger partial charge in [-0.3, -0.25) is 4.79 Å². The van der Waals surface area contributed by atoms with E-state index < -0.39 is 17.3 Å². The summed E-state index contributed by atoms with van der Waals surface area (Å²) in [6.45, 7) is 0.433. The number of rotatable bonds is 2. The predicted octanol–water partition coefficient (Wildman–Crippen LogP) is 0.826. The van der Waals surface area contributed by atoms with Crippen molar-refractivity contribution in [2.45, 2.75) is 12.7 Å². The highest BCUT2D eigenvalue weighted by molar-refractivity contribution is 5.14. The zero-order valence-electron chi connectivity index (χ0n) is 7.21. The van der Waals surface area contributed by atoms with E-state index in [1.54, 1.807) is 0 Å². The summed E-state index contributed by atoms with van der Waals surface area (Å²) in [5.41, 5.74) is 3.55. The third-order valence-electron chi connectivity index (χ3n) is 1.69. The molecule has 1 aromatic rings. The van der Waals surface area contributed by atoms with Gasteiger partial charge in [0.05, 0.1) is 5.56 Å². The van der Waals surface area contributed by atoms with Crippen LogP contribution in [-0.2, 0) is 12.7 Å². The Morgan fingerprint density at radius 3 is 2.50 bits per heavy atom. The van der Waals surface area contributed by atoms with Crippen molar-refractivity contribution in [1.29, 1.82) is 0 Å². The van der Waals surface area contributed by atoms with Crippen LogP contribution >= 0.6 is 0 Å². The number of pyridine rings is 1. The molecule has 0 radical (unpaired) electrons. The van der Waals surface area contributed by atoms with E-state index in [0.717, 1.165) is 16.8 Å². The molecule has 78 valence electrons. The molecule has 1 heterocycles. The molecule has 2 N–H and O–H groups in total. The molecular formula is C8H9F3N2O. The number of aromatic nitrogens is 1. The maximum absolute atomic E-state index is 12.1. The molecule has 0 amide bonds. The Bertz CT molecular complexity index is 370. The first-order valence-corrected chi connectivity index (χ1v) is 3.93. The standard InChI is InChI=1S/C8H9F3N2O/c9-8(10,11)6-1-3-13(4-2-12)7(14)5-6/h1,3,5H,2,4,12H2. The Balaban J connectivity index is 3.07. The molecule has 0 unspecified atom stereocenters. The monoisotopic (exact) mass is 206 g/mol. The maximum Gasteiger partial charge on any atom is 0.416 e. The number of nitrogens with two attached hydrogens (primary N) is 1. The van der Waals surface area contributed by atoms with E-state index in [4.69, 9.17) is 5.73 Å². The van der Waals surface area contributed by atoms with Crippen molar-refractivity contribution < 1.29 is 13.2 Å². The molecule has 0 fully saturated rings. The second kappa shape index (κ2) is 3.83. The van der Waals surface area contributed by atoms with Crippen molar-refractivity contribution in [2.24, 2.45) is 5.73 Å².